The monoisotopic (exact) mass is 411 g/mol. The number of benzene rings is 3. The number of aliphatic imine (C=N–C) groups is 1. The molecule has 3 aromatic rings. The quantitative estimate of drug-likeness (QED) is 0.399. The molecule has 0 spiro atoms. The van der Waals surface area contributed by atoms with Crippen molar-refractivity contribution in [2.45, 2.75) is 27.4 Å². The second-order valence-corrected chi connectivity index (χ2v) is 7.12. The summed E-state index contributed by atoms with van der Waals surface area (Å²) in [7, 11) is 0. The van der Waals surface area contributed by atoms with Gasteiger partial charge in [0.2, 0.25) is 0 Å². The van der Waals surface area contributed by atoms with Crippen LogP contribution in [0.25, 0.3) is 0 Å². The van der Waals surface area contributed by atoms with Crippen LogP contribution in [0.1, 0.15) is 29.2 Å². The normalized spacial score (nSPS) is 11.1. The highest BCUT2D eigenvalue weighted by atomic mass is 35.5. The second-order valence-electron chi connectivity index (χ2n) is 6.71. The summed E-state index contributed by atoms with van der Waals surface area (Å²) in [6.45, 7) is 6.67. The molecular formula is C24H23ClFNO2. The van der Waals surface area contributed by atoms with E-state index in [9.17, 15) is 4.39 Å². The van der Waals surface area contributed by atoms with Crippen molar-refractivity contribution in [2.24, 2.45) is 4.99 Å². The minimum atomic E-state index is -0.305. The van der Waals surface area contributed by atoms with E-state index in [1.165, 1.54) is 23.3 Å². The molecule has 0 aromatic heterocycles. The second kappa shape index (κ2) is 9.57. The Bertz CT molecular complexity index is 1030. The predicted octanol–water partition coefficient (Wildman–Crippen LogP) is 6.82. The maximum Gasteiger partial charge on any atom is 0.180 e. The number of rotatable bonds is 7. The van der Waals surface area contributed by atoms with Crippen molar-refractivity contribution in [3.63, 3.8) is 0 Å². The molecule has 3 aromatic carbocycles. The van der Waals surface area contributed by atoms with E-state index in [4.69, 9.17) is 21.1 Å². The lowest BCUT2D eigenvalue weighted by molar-refractivity contribution is 0.269. The summed E-state index contributed by atoms with van der Waals surface area (Å²) < 4.78 is 24.9. The molecule has 29 heavy (non-hydrogen) atoms. The average Bonchev–Trinajstić information content (AvgIpc) is 2.68. The van der Waals surface area contributed by atoms with Gasteiger partial charge in [0.25, 0.3) is 0 Å². The van der Waals surface area contributed by atoms with Gasteiger partial charge in [0.05, 0.1) is 17.3 Å². The number of aryl methyl sites for hydroxylation is 2. The van der Waals surface area contributed by atoms with Gasteiger partial charge in [-0.1, -0.05) is 29.8 Å². The fraction of sp³-hybridized carbons (Fsp3) is 0.208. The van der Waals surface area contributed by atoms with E-state index in [-0.39, 0.29) is 12.4 Å². The smallest absolute Gasteiger partial charge is 0.180 e. The number of hydrogen-bond acceptors (Lipinski definition) is 3. The highest BCUT2D eigenvalue weighted by molar-refractivity contribution is 6.32. The van der Waals surface area contributed by atoms with Gasteiger partial charge >= 0.3 is 0 Å². The molecule has 3 nitrogen and oxygen atoms in total. The minimum Gasteiger partial charge on any atom is -0.490 e. The first kappa shape index (κ1) is 20.9. The summed E-state index contributed by atoms with van der Waals surface area (Å²) in [5.74, 6) is 0.652. The van der Waals surface area contributed by atoms with Gasteiger partial charge in [0.1, 0.15) is 12.4 Å². The van der Waals surface area contributed by atoms with Crippen molar-refractivity contribution in [1.29, 1.82) is 0 Å². The molecule has 5 heteroatoms. The van der Waals surface area contributed by atoms with E-state index in [2.05, 4.69) is 18.8 Å². The molecule has 0 amide bonds. The van der Waals surface area contributed by atoms with Crippen LogP contribution < -0.4 is 9.47 Å². The lowest BCUT2D eigenvalue weighted by Gasteiger charge is -2.14. The van der Waals surface area contributed by atoms with Gasteiger partial charge in [-0.05, 0) is 79.4 Å². The third kappa shape index (κ3) is 5.58. The van der Waals surface area contributed by atoms with E-state index in [0.29, 0.717) is 28.7 Å². The number of hydrogen-bond donors (Lipinski definition) is 0. The van der Waals surface area contributed by atoms with E-state index in [1.807, 2.05) is 31.2 Å². The molecule has 150 valence electrons. The molecule has 0 saturated heterocycles. The summed E-state index contributed by atoms with van der Waals surface area (Å²) in [5.41, 5.74) is 4.80. The predicted molar refractivity (Wildman–Crippen MR) is 117 cm³/mol. The van der Waals surface area contributed by atoms with E-state index >= 15 is 0 Å². The molecule has 3 rings (SSSR count). The van der Waals surface area contributed by atoms with Crippen molar-refractivity contribution >= 4 is 23.5 Å². The molecule has 0 atom stereocenters. The Morgan fingerprint density at radius 1 is 1.00 bits per heavy atom. The topological polar surface area (TPSA) is 30.8 Å². The fourth-order valence-corrected chi connectivity index (χ4v) is 3.08. The minimum absolute atomic E-state index is 0.188. The van der Waals surface area contributed by atoms with Crippen molar-refractivity contribution in [3.8, 4) is 11.5 Å². The zero-order valence-corrected chi connectivity index (χ0v) is 17.5. The molecule has 0 aliphatic rings. The van der Waals surface area contributed by atoms with Crippen LogP contribution in [-0.2, 0) is 6.61 Å². The third-order valence-electron chi connectivity index (χ3n) is 4.46. The van der Waals surface area contributed by atoms with Gasteiger partial charge in [-0.25, -0.2) is 4.39 Å². The number of ether oxygens (including phenoxy) is 2. The van der Waals surface area contributed by atoms with Crippen LogP contribution in [0.4, 0.5) is 10.1 Å². The van der Waals surface area contributed by atoms with Gasteiger partial charge in [0.15, 0.2) is 11.5 Å². The van der Waals surface area contributed by atoms with Crippen molar-refractivity contribution in [2.75, 3.05) is 6.61 Å². The molecular weight excluding hydrogens is 389 g/mol. The van der Waals surface area contributed by atoms with Gasteiger partial charge in [-0.3, -0.25) is 4.99 Å². The maximum atomic E-state index is 13.4. The first-order valence-electron chi connectivity index (χ1n) is 9.41. The molecule has 0 aliphatic carbocycles. The third-order valence-corrected chi connectivity index (χ3v) is 4.74. The lowest BCUT2D eigenvalue weighted by atomic mass is 10.1. The molecule has 0 fully saturated rings. The summed E-state index contributed by atoms with van der Waals surface area (Å²) in [6, 6.07) is 15.9. The van der Waals surface area contributed by atoms with Crippen LogP contribution >= 0.6 is 11.6 Å². The summed E-state index contributed by atoms with van der Waals surface area (Å²) in [6.07, 6.45) is 1.74. The number of nitrogens with zero attached hydrogens (tertiary/aromatic N) is 1. The molecule has 0 aliphatic heterocycles. The Kier molecular flexibility index (Phi) is 6.89. The molecule has 0 saturated carbocycles. The first-order chi connectivity index (χ1) is 14.0. The van der Waals surface area contributed by atoms with E-state index in [0.717, 1.165) is 11.3 Å². The summed E-state index contributed by atoms with van der Waals surface area (Å²) in [5, 5.41) is 0.411. The Labute approximate surface area is 175 Å². The van der Waals surface area contributed by atoms with Crippen molar-refractivity contribution in [3.05, 3.63) is 87.7 Å². The summed E-state index contributed by atoms with van der Waals surface area (Å²) >= 11 is 6.45. The number of halogens is 2. The van der Waals surface area contributed by atoms with Gasteiger partial charge in [-0.2, -0.15) is 0 Å². The zero-order valence-electron chi connectivity index (χ0n) is 16.7. The van der Waals surface area contributed by atoms with Gasteiger partial charge in [-0.15, -0.1) is 0 Å². The molecule has 0 heterocycles. The molecule has 0 radical (unpaired) electrons. The summed E-state index contributed by atoms with van der Waals surface area (Å²) in [4.78, 5) is 4.53. The van der Waals surface area contributed by atoms with Gasteiger partial charge in [0, 0.05) is 6.21 Å². The van der Waals surface area contributed by atoms with Crippen LogP contribution in [0.5, 0.6) is 11.5 Å². The molecule has 0 bridgehead atoms. The van der Waals surface area contributed by atoms with Crippen LogP contribution in [0, 0.1) is 19.7 Å². The van der Waals surface area contributed by atoms with Crippen LogP contribution in [0.2, 0.25) is 5.02 Å². The van der Waals surface area contributed by atoms with E-state index in [1.54, 1.807) is 24.4 Å². The molecule has 0 unspecified atom stereocenters. The van der Waals surface area contributed by atoms with E-state index < -0.39 is 0 Å². The van der Waals surface area contributed by atoms with Gasteiger partial charge < -0.3 is 9.47 Å². The Morgan fingerprint density at radius 3 is 2.55 bits per heavy atom. The largest absolute Gasteiger partial charge is 0.490 e. The Morgan fingerprint density at radius 2 is 1.83 bits per heavy atom. The average molecular weight is 412 g/mol. The van der Waals surface area contributed by atoms with Crippen LogP contribution in [0.15, 0.2) is 59.6 Å². The SMILES string of the molecule is CCOc1cc(C=Nc2ccc(C)c(C)c2)cc(Cl)c1OCc1cccc(F)c1. The van der Waals surface area contributed by atoms with Crippen molar-refractivity contribution < 1.29 is 13.9 Å². The van der Waals surface area contributed by atoms with Crippen LogP contribution in [0.3, 0.4) is 0 Å². The first-order valence-corrected chi connectivity index (χ1v) is 9.79. The highest BCUT2D eigenvalue weighted by Gasteiger charge is 2.13. The fourth-order valence-electron chi connectivity index (χ4n) is 2.80. The lowest BCUT2D eigenvalue weighted by Crippen LogP contribution is -2.01. The van der Waals surface area contributed by atoms with Crippen LogP contribution in [-0.4, -0.2) is 12.8 Å². The Hall–Kier alpha value is -2.85. The Balaban J connectivity index is 1.83. The van der Waals surface area contributed by atoms with Crippen molar-refractivity contribution in [1.82, 2.24) is 0 Å². The molecule has 0 N–H and O–H groups in total. The maximum absolute atomic E-state index is 13.4. The standard InChI is InChI=1S/C24H23ClFNO2/c1-4-28-23-13-19(14-27-21-9-8-16(2)17(3)10-21)12-22(25)24(23)29-15-18-6-5-7-20(26)11-18/h5-14H,4,15H2,1-3H3. The zero-order chi connectivity index (χ0) is 20.8. The highest BCUT2D eigenvalue weighted by Crippen LogP contribution is 2.37.